The quantitative estimate of drug-likeness (QED) is 0.642. The minimum Gasteiger partial charge on any atom is -0.480 e. The fraction of sp³-hybridized carbons (Fsp3) is 0.136. The number of carbonyl (C=O) groups excluding carboxylic acids is 1. The van der Waals surface area contributed by atoms with Gasteiger partial charge in [0.1, 0.15) is 18.3 Å². The normalized spacial score (nSPS) is 11.4. The Bertz CT molecular complexity index is 1030. The van der Waals surface area contributed by atoms with E-state index in [0.29, 0.717) is 0 Å². The molecule has 0 radical (unpaired) electrons. The van der Waals surface area contributed by atoms with Gasteiger partial charge in [-0.05, 0) is 23.3 Å². The molecule has 0 aliphatic rings. The van der Waals surface area contributed by atoms with Gasteiger partial charge in [-0.2, -0.15) is 0 Å². The number of carboxylic acids is 1. The van der Waals surface area contributed by atoms with Crippen LogP contribution in [-0.2, 0) is 22.6 Å². The second kappa shape index (κ2) is 9.36. The number of hydrogen-bond acceptors (Lipinski definition) is 4. The lowest BCUT2D eigenvalue weighted by Gasteiger charge is -2.17. The number of hydrogen-bond donors (Lipinski definition) is 2. The van der Waals surface area contributed by atoms with Crippen molar-refractivity contribution in [3.63, 3.8) is 0 Å². The van der Waals surface area contributed by atoms with E-state index in [2.05, 4.69) is 5.32 Å². The van der Waals surface area contributed by atoms with Crippen LogP contribution in [0.1, 0.15) is 17.2 Å². The first-order valence-corrected chi connectivity index (χ1v) is 9.00. The molecule has 1 heterocycles. The Labute approximate surface area is 167 Å². The number of nitrogens with one attached hydrogen (secondary N) is 1. The zero-order valence-corrected chi connectivity index (χ0v) is 15.5. The molecule has 0 bridgehead atoms. The van der Waals surface area contributed by atoms with Crippen molar-refractivity contribution >= 4 is 17.7 Å². The molecule has 0 fully saturated rings. The topological polar surface area (TPSA) is 97.6 Å². The Kier molecular flexibility index (Phi) is 6.42. The summed E-state index contributed by atoms with van der Waals surface area (Å²) >= 11 is 0. The van der Waals surface area contributed by atoms with Crippen LogP contribution in [0, 0.1) is 0 Å². The van der Waals surface area contributed by atoms with Crippen molar-refractivity contribution in [2.24, 2.45) is 0 Å². The fourth-order valence-corrected chi connectivity index (χ4v) is 2.86. The van der Waals surface area contributed by atoms with Crippen molar-refractivity contribution in [1.29, 1.82) is 0 Å². The molecular weight excluding hydrogens is 372 g/mol. The largest absolute Gasteiger partial charge is 0.480 e. The summed E-state index contributed by atoms with van der Waals surface area (Å²) in [7, 11) is 0. The van der Waals surface area contributed by atoms with E-state index in [1.807, 2.05) is 36.4 Å². The number of anilines is 1. The van der Waals surface area contributed by atoms with Crippen molar-refractivity contribution in [2.75, 3.05) is 5.32 Å². The Morgan fingerprint density at radius 1 is 0.931 bits per heavy atom. The molecule has 148 valence electrons. The number of amides is 1. The molecule has 2 N–H and O–H groups in total. The third kappa shape index (κ3) is 5.32. The summed E-state index contributed by atoms with van der Waals surface area (Å²) < 4.78 is 6.22. The molecule has 3 rings (SSSR count). The molecule has 3 aromatic rings. The highest BCUT2D eigenvalue weighted by Crippen LogP contribution is 2.14. The van der Waals surface area contributed by atoms with Crippen LogP contribution in [0.5, 0.6) is 0 Å². The van der Waals surface area contributed by atoms with Crippen LogP contribution >= 0.6 is 0 Å². The van der Waals surface area contributed by atoms with Crippen molar-refractivity contribution < 1.29 is 19.4 Å². The number of carbonyl (C=O) groups is 2. The molecular formula is C22H20N2O5. The van der Waals surface area contributed by atoms with E-state index in [1.165, 1.54) is 18.3 Å². The fourth-order valence-electron chi connectivity index (χ4n) is 2.86. The van der Waals surface area contributed by atoms with Gasteiger partial charge in [-0.1, -0.05) is 60.7 Å². The Morgan fingerprint density at radius 3 is 2.17 bits per heavy atom. The summed E-state index contributed by atoms with van der Waals surface area (Å²) in [5.41, 5.74) is 0.923. The second-order valence-corrected chi connectivity index (χ2v) is 6.36. The number of aliphatic carboxylic acids is 1. The van der Waals surface area contributed by atoms with E-state index in [1.54, 1.807) is 24.3 Å². The van der Waals surface area contributed by atoms with Gasteiger partial charge >= 0.3 is 12.1 Å². The summed E-state index contributed by atoms with van der Waals surface area (Å²) in [4.78, 5) is 36.6. The minimum absolute atomic E-state index is 0.0510. The van der Waals surface area contributed by atoms with Crippen molar-refractivity contribution in [3.8, 4) is 0 Å². The van der Waals surface area contributed by atoms with E-state index in [4.69, 9.17) is 4.74 Å². The van der Waals surface area contributed by atoms with E-state index in [0.717, 1.165) is 15.7 Å². The Balaban J connectivity index is 1.74. The van der Waals surface area contributed by atoms with Gasteiger partial charge in [0.05, 0.1) is 0 Å². The first-order chi connectivity index (χ1) is 14.0. The van der Waals surface area contributed by atoms with Gasteiger partial charge in [-0.3, -0.25) is 14.7 Å². The lowest BCUT2D eigenvalue weighted by Crippen LogP contribution is -2.33. The SMILES string of the molecule is O=C(Nc1cccn(C(Cc2ccccc2)C(=O)O)c1=O)OCc1ccccc1. The van der Waals surface area contributed by atoms with Gasteiger partial charge in [-0.15, -0.1) is 0 Å². The molecule has 2 aromatic carbocycles. The molecule has 1 amide bonds. The van der Waals surface area contributed by atoms with Gasteiger partial charge in [0, 0.05) is 12.6 Å². The van der Waals surface area contributed by atoms with E-state index < -0.39 is 23.7 Å². The monoisotopic (exact) mass is 392 g/mol. The zero-order chi connectivity index (χ0) is 20.6. The van der Waals surface area contributed by atoms with Gasteiger partial charge < -0.3 is 9.84 Å². The number of ether oxygens (including phenoxy) is 1. The third-order valence-corrected chi connectivity index (χ3v) is 4.32. The molecule has 29 heavy (non-hydrogen) atoms. The molecule has 0 saturated carbocycles. The highest BCUT2D eigenvalue weighted by Gasteiger charge is 2.22. The molecule has 7 nitrogen and oxygen atoms in total. The number of carboxylic acid groups (broad SMARTS) is 1. The van der Waals surface area contributed by atoms with Crippen LogP contribution in [0.4, 0.5) is 10.5 Å². The van der Waals surface area contributed by atoms with Crippen molar-refractivity contribution in [2.45, 2.75) is 19.1 Å². The third-order valence-electron chi connectivity index (χ3n) is 4.32. The molecule has 0 saturated heterocycles. The standard InChI is InChI=1S/C22H20N2O5/c25-20-18(23-22(28)29-15-17-10-5-2-6-11-17)12-7-13-24(20)19(21(26)27)14-16-8-3-1-4-9-16/h1-13,19H,14-15H2,(H,23,28)(H,26,27). The molecule has 1 atom stereocenters. The van der Waals surface area contributed by atoms with Crippen LogP contribution < -0.4 is 10.9 Å². The average Bonchev–Trinajstić information content (AvgIpc) is 2.74. The summed E-state index contributed by atoms with van der Waals surface area (Å²) in [6.07, 6.45) is 0.737. The van der Waals surface area contributed by atoms with Crippen LogP contribution in [-0.4, -0.2) is 21.7 Å². The minimum atomic E-state index is -1.14. The van der Waals surface area contributed by atoms with Crippen LogP contribution in [0.2, 0.25) is 0 Å². The number of aromatic nitrogens is 1. The number of rotatable bonds is 7. The van der Waals surface area contributed by atoms with Crippen LogP contribution in [0.25, 0.3) is 0 Å². The predicted molar refractivity (Wildman–Crippen MR) is 108 cm³/mol. The molecule has 0 spiro atoms. The molecule has 1 aromatic heterocycles. The average molecular weight is 392 g/mol. The van der Waals surface area contributed by atoms with Crippen LogP contribution in [0.15, 0.2) is 83.8 Å². The zero-order valence-electron chi connectivity index (χ0n) is 15.5. The summed E-state index contributed by atoms with van der Waals surface area (Å²) in [5, 5.41) is 12.0. The highest BCUT2D eigenvalue weighted by atomic mass is 16.5. The molecule has 0 aliphatic carbocycles. The first-order valence-electron chi connectivity index (χ1n) is 9.00. The highest BCUT2D eigenvalue weighted by molar-refractivity contribution is 5.84. The maximum absolute atomic E-state index is 12.7. The van der Waals surface area contributed by atoms with Crippen molar-refractivity contribution in [1.82, 2.24) is 4.57 Å². The summed E-state index contributed by atoms with van der Waals surface area (Å²) in [5.74, 6) is -1.14. The van der Waals surface area contributed by atoms with Gasteiger partial charge in [0.15, 0.2) is 0 Å². The van der Waals surface area contributed by atoms with Crippen molar-refractivity contribution in [3.05, 3.63) is 100 Å². The lowest BCUT2D eigenvalue weighted by molar-refractivity contribution is -0.141. The first kappa shape index (κ1) is 19.9. The molecule has 1 unspecified atom stereocenters. The van der Waals surface area contributed by atoms with E-state index in [9.17, 15) is 19.5 Å². The smallest absolute Gasteiger partial charge is 0.412 e. The predicted octanol–water partition coefficient (Wildman–Crippen LogP) is 3.47. The van der Waals surface area contributed by atoms with Gasteiger partial charge in [-0.25, -0.2) is 9.59 Å². The van der Waals surface area contributed by atoms with E-state index in [-0.39, 0.29) is 18.7 Å². The van der Waals surface area contributed by atoms with Gasteiger partial charge in [0.2, 0.25) is 0 Å². The maximum atomic E-state index is 12.7. The maximum Gasteiger partial charge on any atom is 0.412 e. The molecule has 0 aliphatic heterocycles. The Hall–Kier alpha value is -3.87. The number of benzene rings is 2. The molecule has 7 heteroatoms. The van der Waals surface area contributed by atoms with Crippen LogP contribution in [0.3, 0.4) is 0 Å². The second-order valence-electron chi connectivity index (χ2n) is 6.36. The Morgan fingerprint density at radius 2 is 1.55 bits per heavy atom. The lowest BCUT2D eigenvalue weighted by atomic mass is 10.1. The number of pyridine rings is 1. The van der Waals surface area contributed by atoms with Gasteiger partial charge in [0.25, 0.3) is 5.56 Å². The van der Waals surface area contributed by atoms with E-state index >= 15 is 0 Å². The summed E-state index contributed by atoms with van der Waals surface area (Å²) in [6.45, 7) is 0.0550. The number of nitrogens with zero attached hydrogens (tertiary/aromatic N) is 1. The summed E-state index contributed by atoms with van der Waals surface area (Å²) in [6, 6.07) is 20.0.